The number of aliphatic hydroxyl groups is 1. The van der Waals surface area contributed by atoms with Crippen LogP contribution in [-0.2, 0) is 20.9 Å². The number of rotatable bonds is 7. The van der Waals surface area contributed by atoms with Crippen molar-refractivity contribution in [3.05, 3.63) is 71.0 Å². The number of imide groups is 1. The molecule has 33 heavy (non-hydrogen) atoms. The number of hydrogen-bond acceptors (Lipinski definition) is 4. The van der Waals surface area contributed by atoms with Crippen LogP contribution < -0.4 is 5.32 Å². The first-order valence-corrected chi connectivity index (χ1v) is 11.1. The highest BCUT2D eigenvalue weighted by Crippen LogP contribution is 2.40. The summed E-state index contributed by atoms with van der Waals surface area (Å²) in [6, 6.07) is 13.0. The van der Waals surface area contributed by atoms with Gasteiger partial charge in [-0.25, -0.2) is 0 Å². The SMILES string of the molecule is CCOCC(O)Cn1cc(C2=C(c3c[nH]c4ccccc34)C(=O)NC2=O)c2c(Cl)cccc21. The summed E-state index contributed by atoms with van der Waals surface area (Å²) in [5.74, 6) is -0.932. The monoisotopic (exact) mass is 463 g/mol. The molecule has 3 heterocycles. The van der Waals surface area contributed by atoms with Crippen LogP contribution in [-0.4, -0.2) is 45.8 Å². The number of aromatic amines is 1. The Morgan fingerprint density at radius 2 is 1.82 bits per heavy atom. The molecule has 5 rings (SSSR count). The number of ether oxygens (including phenoxy) is 1. The highest BCUT2D eigenvalue weighted by Gasteiger charge is 2.35. The van der Waals surface area contributed by atoms with Crippen molar-refractivity contribution in [2.24, 2.45) is 0 Å². The number of aromatic nitrogens is 2. The normalized spacial score (nSPS) is 15.1. The van der Waals surface area contributed by atoms with E-state index in [1.165, 1.54) is 0 Å². The molecule has 0 saturated carbocycles. The number of hydrogen-bond donors (Lipinski definition) is 3. The first kappa shape index (κ1) is 21.5. The maximum Gasteiger partial charge on any atom is 0.259 e. The van der Waals surface area contributed by atoms with Crippen LogP contribution in [0.1, 0.15) is 18.1 Å². The number of nitrogens with one attached hydrogen (secondary N) is 2. The van der Waals surface area contributed by atoms with Gasteiger partial charge in [0.05, 0.1) is 40.9 Å². The molecule has 8 heteroatoms. The number of benzene rings is 2. The smallest absolute Gasteiger partial charge is 0.259 e. The highest BCUT2D eigenvalue weighted by atomic mass is 35.5. The van der Waals surface area contributed by atoms with Crippen molar-refractivity contribution < 1.29 is 19.4 Å². The first-order valence-electron chi connectivity index (χ1n) is 10.7. The molecule has 0 saturated heterocycles. The average molecular weight is 464 g/mol. The fourth-order valence-corrected chi connectivity index (χ4v) is 4.70. The van der Waals surface area contributed by atoms with E-state index >= 15 is 0 Å². The van der Waals surface area contributed by atoms with Gasteiger partial charge in [0.15, 0.2) is 0 Å². The number of fused-ring (bicyclic) bond motifs is 2. The minimum atomic E-state index is -0.742. The predicted octanol–water partition coefficient (Wildman–Crippen LogP) is 3.74. The molecule has 7 nitrogen and oxygen atoms in total. The quantitative estimate of drug-likeness (QED) is 0.364. The van der Waals surface area contributed by atoms with E-state index in [0.717, 1.165) is 16.4 Å². The summed E-state index contributed by atoms with van der Waals surface area (Å²) >= 11 is 6.58. The van der Waals surface area contributed by atoms with Gasteiger partial charge >= 0.3 is 0 Å². The van der Waals surface area contributed by atoms with Crippen molar-refractivity contribution in [3.63, 3.8) is 0 Å². The second-order valence-corrected chi connectivity index (χ2v) is 8.33. The summed E-state index contributed by atoms with van der Waals surface area (Å²) in [7, 11) is 0. The van der Waals surface area contributed by atoms with Crippen LogP contribution in [0.2, 0.25) is 5.02 Å². The minimum Gasteiger partial charge on any atom is -0.389 e. The second-order valence-electron chi connectivity index (χ2n) is 7.92. The maximum atomic E-state index is 13.0. The number of H-pyrrole nitrogens is 1. The molecule has 0 fully saturated rings. The van der Waals surface area contributed by atoms with Gasteiger partial charge in [0.25, 0.3) is 11.8 Å². The lowest BCUT2D eigenvalue weighted by molar-refractivity contribution is -0.122. The molecule has 2 aromatic carbocycles. The molecule has 4 aromatic rings. The van der Waals surface area contributed by atoms with Gasteiger partial charge < -0.3 is 19.4 Å². The summed E-state index contributed by atoms with van der Waals surface area (Å²) < 4.78 is 7.18. The zero-order valence-corrected chi connectivity index (χ0v) is 18.6. The Morgan fingerprint density at radius 1 is 1.06 bits per heavy atom. The molecule has 3 N–H and O–H groups in total. The summed E-state index contributed by atoms with van der Waals surface area (Å²) in [4.78, 5) is 29.1. The summed E-state index contributed by atoms with van der Waals surface area (Å²) in [5, 5.41) is 14.8. The molecule has 0 bridgehead atoms. The van der Waals surface area contributed by atoms with Gasteiger partial charge in [0, 0.05) is 46.4 Å². The first-order chi connectivity index (χ1) is 16.0. The highest BCUT2D eigenvalue weighted by molar-refractivity contribution is 6.51. The molecule has 168 valence electrons. The summed E-state index contributed by atoms with van der Waals surface area (Å²) in [5.41, 5.74) is 3.38. The van der Waals surface area contributed by atoms with E-state index in [-0.39, 0.29) is 18.7 Å². The van der Waals surface area contributed by atoms with Gasteiger partial charge in [-0.3, -0.25) is 14.9 Å². The van der Waals surface area contributed by atoms with Crippen molar-refractivity contribution in [1.29, 1.82) is 0 Å². The molecule has 1 atom stereocenters. The molecule has 2 aromatic heterocycles. The summed E-state index contributed by atoms with van der Waals surface area (Å²) in [6.07, 6.45) is 2.77. The van der Waals surface area contributed by atoms with Gasteiger partial charge in [-0.2, -0.15) is 0 Å². The lowest BCUT2D eigenvalue weighted by Crippen LogP contribution is -2.22. The van der Waals surface area contributed by atoms with Gasteiger partial charge in [-0.05, 0) is 25.1 Å². The molecule has 0 radical (unpaired) electrons. The standard InChI is InChI=1S/C25H22ClN3O4/c1-2-33-13-14(30)11-29-12-17(21-18(26)7-5-9-20(21)29)23-22(24(31)28-25(23)32)16-10-27-19-8-4-3-6-15(16)19/h3-10,12,14,27,30H,2,11,13H2,1H3,(H,28,31,32). The Morgan fingerprint density at radius 3 is 2.61 bits per heavy atom. The third kappa shape index (κ3) is 3.64. The second kappa shape index (κ2) is 8.51. The van der Waals surface area contributed by atoms with Crippen molar-refractivity contribution >= 4 is 56.4 Å². The van der Waals surface area contributed by atoms with E-state index in [1.807, 2.05) is 47.9 Å². The van der Waals surface area contributed by atoms with Crippen molar-refractivity contribution in [2.75, 3.05) is 13.2 Å². The zero-order valence-electron chi connectivity index (χ0n) is 17.9. The number of para-hydroxylation sites is 1. The number of halogens is 1. The van der Waals surface area contributed by atoms with E-state index < -0.39 is 17.9 Å². The molecule has 0 aliphatic carbocycles. The Balaban J connectivity index is 1.73. The number of amides is 2. The van der Waals surface area contributed by atoms with E-state index in [9.17, 15) is 14.7 Å². The van der Waals surface area contributed by atoms with Crippen LogP contribution >= 0.6 is 11.6 Å². The molecule has 0 spiro atoms. The van der Waals surface area contributed by atoms with Crippen molar-refractivity contribution in [1.82, 2.24) is 14.9 Å². The molecule has 1 aliphatic rings. The molecule has 1 aliphatic heterocycles. The minimum absolute atomic E-state index is 0.189. The Labute approximate surface area is 194 Å². The molecule has 2 amide bonds. The van der Waals surface area contributed by atoms with Gasteiger partial charge in [0.2, 0.25) is 0 Å². The van der Waals surface area contributed by atoms with Crippen LogP contribution in [0.15, 0.2) is 54.9 Å². The topological polar surface area (TPSA) is 96.3 Å². The van der Waals surface area contributed by atoms with Crippen LogP contribution in [0.5, 0.6) is 0 Å². The number of nitrogens with zero attached hydrogens (tertiary/aromatic N) is 1. The number of aliphatic hydroxyl groups excluding tert-OH is 1. The van der Waals surface area contributed by atoms with E-state index in [1.54, 1.807) is 18.5 Å². The van der Waals surface area contributed by atoms with Crippen LogP contribution in [0.4, 0.5) is 0 Å². The lowest BCUT2D eigenvalue weighted by Gasteiger charge is -2.12. The molecule has 1 unspecified atom stereocenters. The van der Waals surface area contributed by atoms with E-state index in [2.05, 4.69) is 10.3 Å². The fraction of sp³-hybridized carbons (Fsp3) is 0.200. The third-order valence-corrected chi connectivity index (χ3v) is 6.15. The van der Waals surface area contributed by atoms with E-state index in [0.29, 0.717) is 33.7 Å². The Bertz CT molecular complexity index is 1430. The zero-order chi connectivity index (χ0) is 23.1. The third-order valence-electron chi connectivity index (χ3n) is 5.84. The van der Waals surface area contributed by atoms with Crippen LogP contribution in [0.25, 0.3) is 33.0 Å². The summed E-state index contributed by atoms with van der Waals surface area (Å²) in [6.45, 7) is 2.81. The van der Waals surface area contributed by atoms with Gasteiger partial charge in [-0.15, -0.1) is 0 Å². The van der Waals surface area contributed by atoms with Gasteiger partial charge in [-0.1, -0.05) is 35.9 Å². The number of carbonyl (C=O) groups excluding carboxylic acids is 2. The van der Waals surface area contributed by atoms with Crippen molar-refractivity contribution in [3.8, 4) is 0 Å². The average Bonchev–Trinajstić information content (AvgIpc) is 3.46. The van der Waals surface area contributed by atoms with Gasteiger partial charge in [0.1, 0.15) is 0 Å². The van der Waals surface area contributed by atoms with Crippen molar-refractivity contribution in [2.45, 2.75) is 19.6 Å². The van der Waals surface area contributed by atoms with Crippen LogP contribution in [0, 0.1) is 0 Å². The Hall–Kier alpha value is -3.39. The maximum absolute atomic E-state index is 13.0. The number of carbonyl (C=O) groups is 2. The Kier molecular flexibility index (Phi) is 5.54. The van der Waals surface area contributed by atoms with E-state index in [4.69, 9.17) is 16.3 Å². The predicted molar refractivity (Wildman–Crippen MR) is 128 cm³/mol. The fourth-order valence-electron chi connectivity index (χ4n) is 4.43. The van der Waals surface area contributed by atoms with Crippen LogP contribution in [0.3, 0.4) is 0 Å². The molecular weight excluding hydrogens is 442 g/mol. The largest absolute Gasteiger partial charge is 0.389 e. The lowest BCUT2D eigenvalue weighted by atomic mass is 9.95. The molecular formula is C25H22ClN3O4.